The smallest absolute Gasteiger partial charge is 0.0472 e. The van der Waals surface area contributed by atoms with Crippen LogP contribution in [0.2, 0.25) is 5.02 Å². The molecule has 3 rings (SSSR count). The van der Waals surface area contributed by atoms with Crippen molar-refractivity contribution in [3.63, 3.8) is 0 Å². The van der Waals surface area contributed by atoms with Crippen LogP contribution in [0.25, 0.3) is 10.9 Å². The van der Waals surface area contributed by atoms with Crippen LogP contribution in [0.15, 0.2) is 24.4 Å². The fourth-order valence-corrected chi connectivity index (χ4v) is 2.86. The SMILES string of the molecule is CC1CN(Cc2c[nH]c3cc(Cl)ccc23)CCN1. The Kier molecular flexibility index (Phi) is 3.29. The highest BCUT2D eigenvalue weighted by atomic mass is 35.5. The summed E-state index contributed by atoms with van der Waals surface area (Å²) in [5.74, 6) is 0. The Morgan fingerprint density at radius 3 is 3.17 bits per heavy atom. The van der Waals surface area contributed by atoms with Gasteiger partial charge in [-0.3, -0.25) is 4.90 Å². The van der Waals surface area contributed by atoms with Crippen LogP contribution in [0.3, 0.4) is 0 Å². The molecule has 0 saturated carbocycles. The van der Waals surface area contributed by atoms with Crippen molar-refractivity contribution in [3.8, 4) is 0 Å². The summed E-state index contributed by atoms with van der Waals surface area (Å²) in [6.07, 6.45) is 2.10. The summed E-state index contributed by atoms with van der Waals surface area (Å²) < 4.78 is 0. The maximum absolute atomic E-state index is 6.00. The lowest BCUT2D eigenvalue weighted by molar-refractivity contribution is 0.200. The molecule has 2 N–H and O–H groups in total. The van der Waals surface area contributed by atoms with E-state index in [1.807, 2.05) is 12.1 Å². The number of nitrogens with zero attached hydrogens (tertiary/aromatic N) is 1. The van der Waals surface area contributed by atoms with Gasteiger partial charge in [-0.05, 0) is 24.6 Å². The molecule has 1 fully saturated rings. The maximum atomic E-state index is 6.00. The molecule has 1 aromatic heterocycles. The Morgan fingerprint density at radius 1 is 1.44 bits per heavy atom. The number of aromatic amines is 1. The van der Waals surface area contributed by atoms with E-state index in [1.165, 1.54) is 10.9 Å². The summed E-state index contributed by atoms with van der Waals surface area (Å²) in [5, 5.41) is 5.54. The second kappa shape index (κ2) is 4.92. The van der Waals surface area contributed by atoms with Crippen LogP contribution >= 0.6 is 11.6 Å². The van der Waals surface area contributed by atoms with E-state index in [4.69, 9.17) is 11.6 Å². The zero-order valence-electron chi connectivity index (χ0n) is 10.5. The van der Waals surface area contributed by atoms with E-state index in [0.717, 1.165) is 36.7 Å². The molecule has 0 spiro atoms. The van der Waals surface area contributed by atoms with Crippen LogP contribution in [0.4, 0.5) is 0 Å². The first kappa shape index (κ1) is 12.0. The Hall–Kier alpha value is -1.03. The zero-order valence-corrected chi connectivity index (χ0v) is 11.3. The molecule has 0 radical (unpaired) electrons. The van der Waals surface area contributed by atoms with E-state index in [2.05, 4.69) is 34.4 Å². The molecule has 0 amide bonds. The van der Waals surface area contributed by atoms with Crippen molar-refractivity contribution in [2.45, 2.75) is 19.5 Å². The average Bonchev–Trinajstić information content (AvgIpc) is 2.72. The monoisotopic (exact) mass is 263 g/mol. The molecule has 18 heavy (non-hydrogen) atoms. The minimum absolute atomic E-state index is 0.582. The highest BCUT2D eigenvalue weighted by molar-refractivity contribution is 6.31. The molecule has 96 valence electrons. The van der Waals surface area contributed by atoms with Crippen molar-refractivity contribution in [1.82, 2.24) is 15.2 Å². The van der Waals surface area contributed by atoms with Gasteiger partial charge in [0.15, 0.2) is 0 Å². The third-order valence-corrected chi connectivity index (χ3v) is 3.81. The summed E-state index contributed by atoms with van der Waals surface area (Å²) in [6.45, 7) is 6.55. The van der Waals surface area contributed by atoms with Crippen LogP contribution in [0, 0.1) is 0 Å². The Labute approximate surface area is 112 Å². The van der Waals surface area contributed by atoms with Gasteiger partial charge in [-0.25, -0.2) is 0 Å². The standard InChI is InChI=1S/C14H18ClN3/c1-10-8-18(5-4-16-10)9-11-7-17-14-6-12(15)2-3-13(11)14/h2-3,6-7,10,16-17H,4-5,8-9H2,1H3. The molecule has 1 unspecified atom stereocenters. The lowest BCUT2D eigenvalue weighted by atomic mass is 10.1. The van der Waals surface area contributed by atoms with Gasteiger partial charge in [-0.1, -0.05) is 17.7 Å². The van der Waals surface area contributed by atoms with E-state index in [1.54, 1.807) is 0 Å². The normalized spacial score (nSPS) is 21.6. The molecule has 2 aromatic rings. The van der Waals surface area contributed by atoms with Gasteiger partial charge >= 0.3 is 0 Å². The number of fused-ring (bicyclic) bond motifs is 1. The molecule has 4 heteroatoms. The van der Waals surface area contributed by atoms with Gasteiger partial charge < -0.3 is 10.3 Å². The quantitative estimate of drug-likeness (QED) is 0.873. The minimum atomic E-state index is 0.582. The molecule has 1 aromatic carbocycles. The first-order valence-electron chi connectivity index (χ1n) is 6.43. The Balaban J connectivity index is 1.82. The number of piperazine rings is 1. The van der Waals surface area contributed by atoms with E-state index < -0.39 is 0 Å². The van der Waals surface area contributed by atoms with Crippen LogP contribution in [0.5, 0.6) is 0 Å². The molecule has 3 nitrogen and oxygen atoms in total. The molecule has 1 atom stereocenters. The first-order chi connectivity index (χ1) is 8.72. The predicted octanol–water partition coefficient (Wildman–Crippen LogP) is 2.62. The second-order valence-electron chi connectivity index (χ2n) is 5.09. The summed E-state index contributed by atoms with van der Waals surface area (Å²) in [6, 6.07) is 6.63. The number of rotatable bonds is 2. The molecule has 1 saturated heterocycles. The van der Waals surface area contributed by atoms with Crippen molar-refractivity contribution >= 4 is 22.5 Å². The number of nitrogens with one attached hydrogen (secondary N) is 2. The van der Waals surface area contributed by atoms with Crippen LogP contribution in [-0.2, 0) is 6.54 Å². The predicted molar refractivity (Wildman–Crippen MR) is 76.1 cm³/mol. The average molecular weight is 264 g/mol. The van der Waals surface area contributed by atoms with Crippen molar-refractivity contribution in [2.24, 2.45) is 0 Å². The number of benzene rings is 1. The number of hydrogen-bond acceptors (Lipinski definition) is 2. The van der Waals surface area contributed by atoms with Gasteiger partial charge in [0, 0.05) is 54.3 Å². The fourth-order valence-electron chi connectivity index (χ4n) is 2.69. The summed E-state index contributed by atoms with van der Waals surface area (Å²) >= 11 is 6.00. The second-order valence-corrected chi connectivity index (χ2v) is 5.53. The Bertz CT molecular complexity index is 549. The van der Waals surface area contributed by atoms with Gasteiger partial charge in [-0.2, -0.15) is 0 Å². The van der Waals surface area contributed by atoms with Crippen LogP contribution < -0.4 is 5.32 Å². The van der Waals surface area contributed by atoms with Crippen molar-refractivity contribution in [2.75, 3.05) is 19.6 Å². The number of aromatic nitrogens is 1. The summed E-state index contributed by atoms with van der Waals surface area (Å²) in [7, 11) is 0. The number of H-pyrrole nitrogens is 1. The minimum Gasteiger partial charge on any atom is -0.361 e. The molecule has 2 heterocycles. The van der Waals surface area contributed by atoms with Gasteiger partial charge in [-0.15, -0.1) is 0 Å². The van der Waals surface area contributed by atoms with Gasteiger partial charge in [0.2, 0.25) is 0 Å². The molecule has 1 aliphatic heterocycles. The highest BCUT2D eigenvalue weighted by Gasteiger charge is 2.16. The van der Waals surface area contributed by atoms with E-state index in [9.17, 15) is 0 Å². The fraction of sp³-hybridized carbons (Fsp3) is 0.429. The van der Waals surface area contributed by atoms with Crippen molar-refractivity contribution < 1.29 is 0 Å². The first-order valence-corrected chi connectivity index (χ1v) is 6.81. The van der Waals surface area contributed by atoms with Gasteiger partial charge in [0.25, 0.3) is 0 Å². The van der Waals surface area contributed by atoms with E-state index in [-0.39, 0.29) is 0 Å². The maximum Gasteiger partial charge on any atom is 0.0472 e. The Morgan fingerprint density at radius 2 is 2.33 bits per heavy atom. The third kappa shape index (κ3) is 2.39. The van der Waals surface area contributed by atoms with Crippen molar-refractivity contribution in [1.29, 1.82) is 0 Å². The zero-order chi connectivity index (χ0) is 12.5. The lowest BCUT2D eigenvalue weighted by Gasteiger charge is -2.31. The van der Waals surface area contributed by atoms with Gasteiger partial charge in [0.1, 0.15) is 0 Å². The molecule has 0 bridgehead atoms. The topological polar surface area (TPSA) is 31.1 Å². The molecule has 1 aliphatic rings. The molecule has 0 aliphatic carbocycles. The highest BCUT2D eigenvalue weighted by Crippen LogP contribution is 2.23. The van der Waals surface area contributed by atoms with Crippen LogP contribution in [-0.4, -0.2) is 35.6 Å². The largest absolute Gasteiger partial charge is 0.361 e. The van der Waals surface area contributed by atoms with E-state index in [0.29, 0.717) is 6.04 Å². The van der Waals surface area contributed by atoms with E-state index >= 15 is 0 Å². The summed E-state index contributed by atoms with van der Waals surface area (Å²) in [5.41, 5.74) is 2.48. The molecular weight excluding hydrogens is 246 g/mol. The van der Waals surface area contributed by atoms with Crippen molar-refractivity contribution in [3.05, 3.63) is 35.0 Å². The third-order valence-electron chi connectivity index (χ3n) is 3.58. The number of hydrogen-bond donors (Lipinski definition) is 2. The lowest BCUT2D eigenvalue weighted by Crippen LogP contribution is -2.48. The van der Waals surface area contributed by atoms with Gasteiger partial charge in [0.05, 0.1) is 0 Å². The number of halogens is 1. The molecular formula is C14H18ClN3. The summed E-state index contributed by atoms with van der Waals surface area (Å²) in [4.78, 5) is 5.80. The van der Waals surface area contributed by atoms with Crippen LogP contribution in [0.1, 0.15) is 12.5 Å².